The van der Waals surface area contributed by atoms with Crippen molar-refractivity contribution in [3.63, 3.8) is 0 Å². The minimum absolute atomic E-state index is 0.145. The Labute approximate surface area is 113 Å². The van der Waals surface area contributed by atoms with Gasteiger partial charge in [-0.2, -0.15) is 0 Å². The van der Waals surface area contributed by atoms with E-state index in [9.17, 15) is 4.79 Å². The summed E-state index contributed by atoms with van der Waals surface area (Å²) in [5, 5.41) is 0. The van der Waals surface area contributed by atoms with E-state index in [-0.39, 0.29) is 12.0 Å². The van der Waals surface area contributed by atoms with Gasteiger partial charge in [0.2, 0.25) is 0 Å². The second kappa shape index (κ2) is 5.33. The lowest BCUT2D eigenvalue weighted by molar-refractivity contribution is -0.140. The lowest BCUT2D eigenvalue weighted by Gasteiger charge is -2.29. The van der Waals surface area contributed by atoms with Gasteiger partial charge in [-0.25, -0.2) is 4.98 Å². The zero-order valence-electron chi connectivity index (χ0n) is 11.4. The van der Waals surface area contributed by atoms with Gasteiger partial charge >= 0.3 is 0 Å². The number of likely N-dealkylation sites (N-methyl/N-ethyl adjacent to an activating group) is 1. The van der Waals surface area contributed by atoms with Gasteiger partial charge in [0, 0.05) is 45.6 Å². The molecule has 104 valence electrons. The first kappa shape index (κ1) is 12.7. The standard InChI is InChI=1S/C14H21N3O2/c1-16(14(18)12-3-2-8-19-12)10-11-4-6-17-7-5-15-13(17)9-11/h5,7,11-12H,2-4,6,8-10H2,1H3/t11-,12-/m1/s1. The smallest absolute Gasteiger partial charge is 0.251 e. The van der Waals surface area contributed by atoms with E-state index in [4.69, 9.17) is 4.74 Å². The number of hydrogen-bond donors (Lipinski definition) is 0. The zero-order valence-corrected chi connectivity index (χ0v) is 11.4. The Morgan fingerprint density at radius 1 is 1.58 bits per heavy atom. The fourth-order valence-electron chi connectivity index (χ4n) is 3.07. The Kier molecular flexibility index (Phi) is 3.55. The summed E-state index contributed by atoms with van der Waals surface area (Å²) in [6.45, 7) is 2.55. The van der Waals surface area contributed by atoms with Gasteiger partial charge in [-0.05, 0) is 25.2 Å². The number of aromatic nitrogens is 2. The lowest BCUT2D eigenvalue weighted by atomic mass is 9.97. The molecular formula is C14H21N3O2. The molecule has 0 radical (unpaired) electrons. The lowest BCUT2D eigenvalue weighted by Crippen LogP contribution is -2.40. The SMILES string of the molecule is CN(C[C@@H]1CCn2ccnc2C1)C(=O)[C@H]1CCCO1. The van der Waals surface area contributed by atoms with Crippen LogP contribution in [0.15, 0.2) is 12.4 Å². The predicted molar refractivity (Wildman–Crippen MR) is 70.6 cm³/mol. The first-order valence-electron chi connectivity index (χ1n) is 7.10. The second-order valence-electron chi connectivity index (χ2n) is 5.62. The zero-order chi connectivity index (χ0) is 13.2. The summed E-state index contributed by atoms with van der Waals surface area (Å²) < 4.78 is 7.67. The summed E-state index contributed by atoms with van der Waals surface area (Å²) in [6.07, 6.45) is 7.66. The molecule has 1 aromatic rings. The first-order chi connectivity index (χ1) is 9.24. The van der Waals surface area contributed by atoms with Crippen molar-refractivity contribution in [1.82, 2.24) is 14.5 Å². The Morgan fingerprint density at radius 2 is 2.47 bits per heavy atom. The number of aryl methyl sites for hydroxylation is 1. The van der Waals surface area contributed by atoms with Crippen LogP contribution in [0.1, 0.15) is 25.1 Å². The quantitative estimate of drug-likeness (QED) is 0.820. The fraction of sp³-hybridized carbons (Fsp3) is 0.714. The van der Waals surface area contributed by atoms with Gasteiger partial charge in [0.25, 0.3) is 5.91 Å². The molecule has 2 aliphatic rings. The highest BCUT2D eigenvalue weighted by Crippen LogP contribution is 2.21. The van der Waals surface area contributed by atoms with Crippen LogP contribution in [0.25, 0.3) is 0 Å². The van der Waals surface area contributed by atoms with E-state index in [2.05, 4.69) is 9.55 Å². The van der Waals surface area contributed by atoms with Crippen molar-refractivity contribution in [3.8, 4) is 0 Å². The van der Waals surface area contributed by atoms with Gasteiger partial charge in [0.05, 0.1) is 0 Å². The summed E-state index contributed by atoms with van der Waals surface area (Å²) in [7, 11) is 1.89. The maximum atomic E-state index is 12.2. The topological polar surface area (TPSA) is 47.4 Å². The van der Waals surface area contributed by atoms with Crippen molar-refractivity contribution < 1.29 is 9.53 Å². The fourth-order valence-corrected chi connectivity index (χ4v) is 3.07. The predicted octanol–water partition coefficient (Wildman–Crippen LogP) is 1.08. The number of nitrogens with zero attached hydrogens (tertiary/aromatic N) is 3. The van der Waals surface area contributed by atoms with Crippen molar-refractivity contribution in [3.05, 3.63) is 18.2 Å². The first-order valence-corrected chi connectivity index (χ1v) is 7.10. The highest BCUT2D eigenvalue weighted by atomic mass is 16.5. The van der Waals surface area contributed by atoms with E-state index in [1.165, 1.54) is 0 Å². The van der Waals surface area contributed by atoms with Gasteiger partial charge in [-0.1, -0.05) is 0 Å². The molecule has 5 nitrogen and oxygen atoms in total. The summed E-state index contributed by atoms with van der Waals surface area (Å²) in [5.74, 6) is 1.81. The van der Waals surface area contributed by atoms with Gasteiger partial charge in [0.15, 0.2) is 0 Å². The molecule has 0 spiro atoms. The molecule has 2 aliphatic heterocycles. The molecule has 0 saturated carbocycles. The molecule has 0 bridgehead atoms. The third kappa shape index (κ3) is 2.66. The summed E-state index contributed by atoms with van der Waals surface area (Å²) in [5.41, 5.74) is 0. The van der Waals surface area contributed by atoms with E-state index < -0.39 is 0 Å². The van der Waals surface area contributed by atoms with Crippen LogP contribution in [0.5, 0.6) is 0 Å². The minimum atomic E-state index is -0.199. The number of imidazole rings is 1. The van der Waals surface area contributed by atoms with Crippen LogP contribution in [0, 0.1) is 5.92 Å². The largest absolute Gasteiger partial charge is 0.368 e. The van der Waals surface area contributed by atoms with Gasteiger partial charge in [0.1, 0.15) is 11.9 Å². The van der Waals surface area contributed by atoms with E-state index >= 15 is 0 Å². The highest BCUT2D eigenvalue weighted by Gasteiger charge is 2.28. The molecule has 1 saturated heterocycles. The Bertz CT molecular complexity index is 451. The monoisotopic (exact) mass is 263 g/mol. The van der Waals surface area contributed by atoms with Gasteiger partial charge in [-0.3, -0.25) is 4.79 Å². The number of amides is 1. The van der Waals surface area contributed by atoms with Crippen LogP contribution in [-0.4, -0.2) is 46.7 Å². The molecular weight excluding hydrogens is 242 g/mol. The maximum Gasteiger partial charge on any atom is 0.251 e. The molecule has 0 aliphatic carbocycles. The third-order valence-corrected chi connectivity index (χ3v) is 4.16. The highest BCUT2D eigenvalue weighted by molar-refractivity contribution is 5.80. The molecule has 0 unspecified atom stereocenters. The second-order valence-corrected chi connectivity index (χ2v) is 5.62. The van der Waals surface area contributed by atoms with Crippen LogP contribution in [0.4, 0.5) is 0 Å². The van der Waals surface area contributed by atoms with Crippen LogP contribution in [0.3, 0.4) is 0 Å². The molecule has 1 aromatic heterocycles. The van der Waals surface area contributed by atoms with Gasteiger partial charge < -0.3 is 14.2 Å². The average Bonchev–Trinajstić information content (AvgIpc) is 3.08. The molecule has 0 N–H and O–H groups in total. The van der Waals surface area contributed by atoms with Crippen LogP contribution >= 0.6 is 0 Å². The number of rotatable bonds is 3. The van der Waals surface area contributed by atoms with Crippen molar-refractivity contribution in [2.75, 3.05) is 20.2 Å². The number of carbonyl (C=O) groups excluding carboxylic acids is 1. The molecule has 2 atom stereocenters. The third-order valence-electron chi connectivity index (χ3n) is 4.16. The minimum Gasteiger partial charge on any atom is -0.368 e. The van der Waals surface area contributed by atoms with Crippen LogP contribution in [-0.2, 0) is 22.5 Å². The number of hydrogen-bond acceptors (Lipinski definition) is 3. The molecule has 1 fully saturated rings. The van der Waals surface area contributed by atoms with E-state index in [1.807, 2.05) is 24.3 Å². The maximum absolute atomic E-state index is 12.2. The van der Waals surface area contributed by atoms with Crippen molar-refractivity contribution in [2.45, 2.75) is 38.3 Å². The number of carbonyl (C=O) groups is 1. The van der Waals surface area contributed by atoms with E-state index in [0.717, 1.165) is 51.2 Å². The van der Waals surface area contributed by atoms with Crippen LogP contribution < -0.4 is 0 Å². The number of fused-ring (bicyclic) bond motifs is 1. The normalized spacial score (nSPS) is 26.2. The molecule has 5 heteroatoms. The molecule has 19 heavy (non-hydrogen) atoms. The summed E-state index contributed by atoms with van der Waals surface area (Å²) >= 11 is 0. The van der Waals surface area contributed by atoms with Crippen molar-refractivity contribution in [1.29, 1.82) is 0 Å². The van der Waals surface area contributed by atoms with E-state index in [1.54, 1.807) is 0 Å². The Morgan fingerprint density at radius 3 is 3.26 bits per heavy atom. The van der Waals surface area contributed by atoms with Crippen molar-refractivity contribution >= 4 is 5.91 Å². The molecule has 1 amide bonds. The van der Waals surface area contributed by atoms with E-state index in [0.29, 0.717) is 5.92 Å². The number of ether oxygens (including phenoxy) is 1. The molecule has 3 rings (SSSR count). The average molecular weight is 263 g/mol. The molecule has 0 aromatic carbocycles. The Hall–Kier alpha value is -1.36. The van der Waals surface area contributed by atoms with Gasteiger partial charge in [-0.15, -0.1) is 0 Å². The summed E-state index contributed by atoms with van der Waals surface area (Å²) in [6, 6.07) is 0. The van der Waals surface area contributed by atoms with Crippen LogP contribution in [0.2, 0.25) is 0 Å². The molecule has 3 heterocycles. The summed E-state index contributed by atoms with van der Waals surface area (Å²) in [4.78, 5) is 18.4. The van der Waals surface area contributed by atoms with Crippen molar-refractivity contribution in [2.24, 2.45) is 5.92 Å². The Balaban J connectivity index is 1.55.